The lowest BCUT2D eigenvalue weighted by molar-refractivity contribution is -0.115. The maximum atomic E-state index is 13.9. The van der Waals surface area contributed by atoms with Crippen LogP contribution in [-0.2, 0) is 4.79 Å². The Bertz CT molecular complexity index is 634. The molecule has 2 N–H and O–H groups in total. The van der Waals surface area contributed by atoms with E-state index in [-0.39, 0.29) is 18.4 Å². The van der Waals surface area contributed by atoms with Crippen molar-refractivity contribution in [3.05, 3.63) is 40.9 Å². The number of halogens is 2. The molecule has 8 heteroatoms. The predicted octanol–water partition coefficient (Wildman–Crippen LogP) is 2.74. The van der Waals surface area contributed by atoms with E-state index in [9.17, 15) is 13.6 Å². The molecule has 0 aliphatic rings. The molecule has 0 spiro atoms. The van der Waals surface area contributed by atoms with Crippen LogP contribution in [0.2, 0.25) is 0 Å². The van der Waals surface area contributed by atoms with E-state index < -0.39 is 17.7 Å². The van der Waals surface area contributed by atoms with Crippen LogP contribution in [0.25, 0.3) is 0 Å². The molecule has 1 aromatic heterocycles. The SMILES string of the molecule is CC(C)C(NCC(=O)Nc1nncs1)c1ccc(F)cc1F. The Hall–Kier alpha value is -1.93. The number of carbonyl (C=O) groups excluding carboxylic acids is 1. The fraction of sp³-hybridized carbons (Fsp3) is 0.357. The summed E-state index contributed by atoms with van der Waals surface area (Å²) in [5.74, 6) is -1.53. The van der Waals surface area contributed by atoms with E-state index in [0.29, 0.717) is 10.7 Å². The van der Waals surface area contributed by atoms with Gasteiger partial charge in [-0.3, -0.25) is 10.1 Å². The quantitative estimate of drug-likeness (QED) is 0.856. The number of nitrogens with one attached hydrogen (secondary N) is 2. The smallest absolute Gasteiger partial charge is 0.240 e. The topological polar surface area (TPSA) is 66.9 Å². The van der Waals surface area contributed by atoms with Crippen LogP contribution in [0.4, 0.5) is 13.9 Å². The molecule has 2 aromatic rings. The van der Waals surface area contributed by atoms with Crippen molar-refractivity contribution in [3.63, 3.8) is 0 Å². The van der Waals surface area contributed by atoms with Gasteiger partial charge in [-0.2, -0.15) is 0 Å². The second kappa shape index (κ2) is 7.37. The van der Waals surface area contributed by atoms with Crippen LogP contribution in [0.3, 0.4) is 0 Å². The van der Waals surface area contributed by atoms with Crippen LogP contribution in [0, 0.1) is 17.6 Å². The molecule has 5 nitrogen and oxygen atoms in total. The van der Waals surface area contributed by atoms with Crippen molar-refractivity contribution in [3.8, 4) is 0 Å². The van der Waals surface area contributed by atoms with Gasteiger partial charge in [0.25, 0.3) is 0 Å². The molecule has 1 heterocycles. The van der Waals surface area contributed by atoms with Gasteiger partial charge < -0.3 is 5.32 Å². The van der Waals surface area contributed by atoms with Crippen LogP contribution in [0.15, 0.2) is 23.7 Å². The predicted molar refractivity (Wildman–Crippen MR) is 80.5 cm³/mol. The van der Waals surface area contributed by atoms with Gasteiger partial charge in [0.1, 0.15) is 17.1 Å². The van der Waals surface area contributed by atoms with E-state index in [1.807, 2.05) is 13.8 Å². The zero-order chi connectivity index (χ0) is 16.1. The lowest BCUT2D eigenvalue weighted by Gasteiger charge is -2.23. The molecule has 1 aromatic carbocycles. The first-order chi connectivity index (χ1) is 10.5. The summed E-state index contributed by atoms with van der Waals surface area (Å²) in [6, 6.07) is 3.04. The molecular formula is C14H16F2N4OS. The summed E-state index contributed by atoms with van der Waals surface area (Å²) < 4.78 is 26.9. The van der Waals surface area contributed by atoms with Gasteiger partial charge in [-0.1, -0.05) is 31.3 Å². The van der Waals surface area contributed by atoms with Crippen LogP contribution in [-0.4, -0.2) is 22.6 Å². The minimum Gasteiger partial charge on any atom is -0.301 e. The number of carbonyl (C=O) groups is 1. The van der Waals surface area contributed by atoms with E-state index >= 15 is 0 Å². The van der Waals surface area contributed by atoms with Crippen molar-refractivity contribution in [2.75, 3.05) is 11.9 Å². The monoisotopic (exact) mass is 326 g/mol. The standard InChI is InChI=1S/C14H16F2N4OS/c1-8(2)13(10-4-3-9(15)5-11(10)16)17-6-12(21)19-14-20-18-7-22-14/h3-5,7-8,13,17H,6H2,1-2H3,(H,19,20,21). The number of nitrogens with zero attached hydrogens (tertiary/aromatic N) is 2. The first-order valence-corrected chi connectivity index (χ1v) is 7.59. The molecule has 0 bridgehead atoms. The van der Waals surface area contributed by atoms with Gasteiger partial charge >= 0.3 is 0 Å². The minimum atomic E-state index is -0.629. The van der Waals surface area contributed by atoms with Crippen LogP contribution >= 0.6 is 11.3 Å². The number of amides is 1. The Morgan fingerprint density at radius 3 is 2.73 bits per heavy atom. The van der Waals surface area contributed by atoms with Gasteiger partial charge in [-0.25, -0.2) is 8.78 Å². The molecule has 1 amide bonds. The summed E-state index contributed by atoms with van der Waals surface area (Å²) in [4.78, 5) is 11.8. The van der Waals surface area contributed by atoms with E-state index in [1.165, 1.54) is 29.0 Å². The lowest BCUT2D eigenvalue weighted by Crippen LogP contribution is -2.34. The first kappa shape index (κ1) is 16.4. The number of rotatable bonds is 6. The summed E-state index contributed by atoms with van der Waals surface area (Å²) in [5.41, 5.74) is 1.84. The maximum absolute atomic E-state index is 13.9. The lowest BCUT2D eigenvalue weighted by atomic mass is 9.95. The fourth-order valence-corrected chi connectivity index (χ4v) is 2.51. The Labute approximate surface area is 130 Å². The third-order valence-corrected chi connectivity index (χ3v) is 3.66. The second-order valence-corrected chi connectivity index (χ2v) is 5.89. The highest BCUT2D eigenvalue weighted by atomic mass is 32.1. The average molecular weight is 326 g/mol. The van der Waals surface area contributed by atoms with Crippen molar-refractivity contribution in [1.82, 2.24) is 15.5 Å². The molecule has 0 saturated carbocycles. The highest BCUT2D eigenvalue weighted by Gasteiger charge is 2.20. The van der Waals surface area contributed by atoms with Crippen molar-refractivity contribution in [1.29, 1.82) is 0 Å². The maximum Gasteiger partial charge on any atom is 0.240 e. The molecule has 0 aliphatic heterocycles. The fourth-order valence-electron chi connectivity index (χ4n) is 2.05. The summed E-state index contributed by atoms with van der Waals surface area (Å²) in [7, 11) is 0. The third kappa shape index (κ3) is 4.28. The van der Waals surface area contributed by atoms with Crippen LogP contribution in [0.5, 0.6) is 0 Å². The van der Waals surface area contributed by atoms with Gasteiger partial charge in [0.05, 0.1) is 6.54 Å². The third-order valence-electron chi connectivity index (χ3n) is 3.05. The molecule has 0 aliphatic carbocycles. The number of anilines is 1. The highest BCUT2D eigenvalue weighted by molar-refractivity contribution is 7.13. The Morgan fingerprint density at radius 2 is 2.14 bits per heavy atom. The molecule has 1 unspecified atom stereocenters. The summed E-state index contributed by atoms with van der Waals surface area (Å²) in [6.07, 6.45) is 0. The first-order valence-electron chi connectivity index (χ1n) is 6.71. The normalized spacial score (nSPS) is 12.4. The van der Waals surface area contributed by atoms with E-state index in [0.717, 1.165) is 6.07 Å². The molecule has 0 radical (unpaired) electrons. The van der Waals surface area contributed by atoms with E-state index in [4.69, 9.17) is 0 Å². The second-order valence-electron chi connectivity index (χ2n) is 5.06. The number of hydrogen-bond donors (Lipinski definition) is 2. The molecule has 0 fully saturated rings. The highest BCUT2D eigenvalue weighted by Crippen LogP contribution is 2.24. The molecule has 1 atom stereocenters. The number of hydrogen-bond acceptors (Lipinski definition) is 5. The van der Waals surface area contributed by atoms with Gasteiger partial charge in [0, 0.05) is 17.7 Å². The molecule has 22 heavy (non-hydrogen) atoms. The Morgan fingerprint density at radius 1 is 1.36 bits per heavy atom. The van der Waals surface area contributed by atoms with E-state index in [2.05, 4.69) is 20.8 Å². The van der Waals surface area contributed by atoms with Crippen molar-refractivity contribution < 1.29 is 13.6 Å². The van der Waals surface area contributed by atoms with Crippen molar-refractivity contribution >= 4 is 22.4 Å². The molecule has 118 valence electrons. The van der Waals surface area contributed by atoms with Crippen molar-refractivity contribution in [2.24, 2.45) is 5.92 Å². The van der Waals surface area contributed by atoms with Gasteiger partial charge in [0.2, 0.25) is 11.0 Å². The van der Waals surface area contributed by atoms with Crippen LogP contribution < -0.4 is 10.6 Å². The van der Waals surface area contributed by atoms with E-state index in [1.54, 1.807) is 0 Å². The summed E-state index contributed by atoms with van der Waals surface area (Å²) >= 11 is 1.21. The summed E-state index contributed by atoms with van der Waals surface area (Å²) in [6.45, 7) is 3.77. The largest absolute Gasteiger partial charge is 0.301 e. The summed E-state index contributed by atoms with van der Waals surface area (Å²) in [5, 5.41) is 13.3. The van der Waals surface area contributed by atoms with Gasteiger partial charge in [-0.15, -0.1) is 10.2 Å². The van der Waals surface area contributed by atoms with Crippen LogP contribution in [0.1, 0.15) is 25.5 Å². The Kier molecular flexibility index (Phi) is 5.51. The molecule has 0 saturated heterocycles. The molecule has 2 rings (SSSR count). The van der Waals surface area contributed by atoms with Crippen molar-refractivity contribution in [2.45, 2.75) is 19.9 Å². The average Bonchev–Trinajstić information content (AvgIpc) is 2.93. The number of aromatic nitrogens is 2. The van der Waals surface area contributed by atoms with Gasteiger partial charge in [0.15, 0.2) is 0 Å². The zero-order valence-corrected chi connectivity index (χ0v) is 13.0. The minimum absolute atomic E-state index is 0.0146. The number of benzene rings is 1. The van der Waals surface area contributed by atoms with Gasteiger partial charge in [-0.05, 0) is 12.0 Å². The molecular weight excluding hydrogens is 310 g/mol. The zero-order valence-electron chi connectivity index (χ0n) is 12.1. The Balaban J connectivity index is 2.01.